The van der Waals surface area contributed by atoms with Crippen molar-refractivity contribution in [1.82, 2.24) is 14.5 Å². The van der Waals surface area contributed by atoms with Crippen LogP contribution in [0.15, 0.2) is 33.2 Å². The predicted molar refractivity (Wildman–Crippen MR) is 69.3 cm³/mol. The van der Waals surface area contributed by atoms with Crippen LogP contribution < -0.4 is 4.72 Å². The average molecular weight is 336 g/mol. The molecule has 0 aliphatic heterocycles. The molecule has 17 heavy (non-hydrogen) atoms. The van der Waals surface area contributed by atoms with Crippen LogP contribution in [-0.4, -0.2) is 18.2 Å². The molecule has 0 bridgehead atoms. The third-order valence-electron chi connectivity index (χ3n) is 2.06. The fourth-order valence-electron chi connectivity index (χ4n) is 1.23. The summed E-state index contributed by atoms with van der Waals surface area (Å²) in [5, 5.41) is 3.83. The van der Waals surface area contributed by atoms with Crippen LogP contribution in [0.2, 0.25) is 0 Å². The second-order valence-electron chi connectivity index (χ2n) is 3.38. The van der Waals surface area contributed by atoms with Gasteiger partial charge in [0.1, 0.15) is 4.90 Å². The van der Waals surface area contributed by atoms with Crippen LogP contribution in [0, 0.1) is 0 Å². The van der Waals surface area contributed by atoms with E-state index in [1.807, 2.05) is 12.1 Å². The molecule has 8 heteroatoms. The third-order valence-corrected chi connectivity index (χ3v) is 5.04. The Hall–Kier alpha value is -0.700. The maximum atomic E-state index is 11.9. The molecular weight excluding hydrogens is 326 g/mol. The Morgan fingerprint density at radius 2 is 2.29 bits per heavy atom. The highest BCUT2D eigenvalue weighted by molar-refractivity contribution is 9.11. The number of sulfonamides is 1. The topological polar surface area (TPSA) is 64.0 Å². The van der Waals surface area contributed by atoms with Crippen LogP contribution in [0.3, 0.4) is 0 Å². The second-order valence-corrected chi connectivity index (χ2v) is 7.69. The maximum absolute atomic E-state index is 11.9. The number of nitrogens with zero attached hydrogens (tertiary/aromatic N) is 2. The Balaban J connectivity index is 2.08. The molecule has 0 aliphatic carbocycles. The van der Waals surface area contributed by atoms with Crippen LogP contribution in [-0.2, 0) is 23.6 Å². The molecule has 2 rings (SSSR count). The molecule has 0 spiro atoms. The largest absolute Gasteiger partial charge is 0.274 e. The molecule has 0 atom stereocenters. The van der Waals surface area contributed by atoms with Gasteiger partial charge in [0.2, 0.25) is 10.0 Å². The van der Waals surface area contributed by atoms with E-state index in [9.17, 15) is 8.42 Å². The van der Waals surface area contributed by atoms with Crippen molar-refractivity contribution in [3.05, 3.63) is 33.2 Å². The summed E-state index contributed by atoms with van der Waals surface area (Å²) in [6, 6.07) is 3.76. The summed E-state index contributed by atoms with van der Waals surface area (Å²) in [4.78, 5) is 1.12. The Bertz CT molecular complexity index is 618. The molecule has 0 saturated carbocycles. The average Bonchev–Trinajstić information content (AvgIpc) is 2.85. The van der Waals surface area contributed by atoms with Crippen molar-refractivity contribution < 1.29 is 8.42 Å². The standard InChI is InChI=1S/C9H10BrN3O2S2/c1-13-6-8(5-11-13)17(14,15)12-4-7-2-3-9(10)16-7/h2-3,5-6,12H,4H2,1H3. The lowest BCUT2D eigenvalue weighted by Crippen LogP contribution is -2.22. The van der Waals surface area contributed by atoms with Crippen molar-refractivity contribution in [2.45, 2.75) is 11.4 Å². The normalized spacial score (nSPS) is 11.9. The summed E-state index contributed by atoms with van der Waals surface area (Å²) in [5.41, 5.74) is 0. The zero-order valence-electron chi connectivity index (χ0n) is 8.92. The summed E-state index contributed by atoms with van der Waals surface area (Å²) < 4.78 is 28.7. The van der Waals surface area contributed by atoms with Crippen molar-refractivity contribution in [2.24, 2.45) is 7.05 Å². The first-order valence-electron chi connectivity index (χ1n) is 4.70. The van der Waals surface area contributed by atoms with Gasteiger partial charge in [0.05, 0.1) is 9.98 Å². The van der Waals surface area contributed by atoms with Gasteiger partial charge in [0.15, 0.2) is 0 Å². The molecule has 0 amide bonds. The SMILES string of the molecule is Cn1cc(S(=O)(=O)NCc2ccc(Br)s2)cn1. The van der Waals surface area contributed by atoms with E-state index < -0.39 is 10.0 Å². The minimum Gasteiger partial charge on any atom is -0.274 e. The number of halogens is 1. The second kappa shape index (κ2) is 4.89. The minimum absolute atomic E-state index is 0.177. The van der Waals surface area contributed by atoms with Crippen LogP contribution >= 0.6 is 27.3 Å². The summed E-state index contributed by atoms with van der Waals surface area (Å²) in [6.07, 6.45) is 2.79. The summed E-state index contributed by atoms with van der Waals surface area (Å²) in [6.45, 7) is 0.285. The van der Waals surface area contributed by atoms with E-state index in [0.717, 1.165) is 8.66 Å². The Morgan fingerprint density at radius 3 is 2.82 bits per heavy atom. The first-order valence-corrected chi connectivity index (χ1v) is 7.79. The molecular formula is C9H10BrN3O2S2. The summed E-state index contributed by atoms with van der Waals surface area (Å²) in [5.74, 6) is 0. The zero-order chi connectivity index (χ0) is 12.5. The highest BCUT2D eigenvalue weighted by Crippen LogP contribution is 2.22. The van der Waals surface area contributed by atoms with Gasteiger partial charge in [0, 0.05) is 24.7 Å². The van der Waals surface area contributed by atoms with Gasteiger partial charge in [-0.25, -0.2) is 13.1 Å². The summed E-state index contributed by atoms with van der Waals surface area (Å²) >= 11 is 4.83. The lowest BCUT2D eigenvalue weighted by atomic mass is 10.5. The Kier molecular flexibility index (Phi) is 3.67. The van der Waals surface area contributed by atoms with Gasteiger partial charge in [-0.05, 0) is 28.1 Å². The molecule has 1 N–H and O–H groups in total. The lowest BCUT2D eigenvalue weighted by molar-refractivity contribution is 0.581. The van der Waals surface area contributed by atoms with Crippen molar-refractivity contribution >= 4 is 37.3 Å². The van der Waals surface area contributed by atoms with Gasteiger partial charge >= 0.3 is 0 Å². The van der Waals surface area contributed by atoms with Crippen LogP contribution in [0.25, 0.3) is 0 Å². The van der Waals surface area contributed by atoms with Crippen LogP contribution in [0.4, 0.5) is 0 Å². The lowest BCUT2D eigenvalue weighted by Gasteiger charge is -2.02. The molecule has 0 unspecified atom stereocenters. The van der Waals surface area contributed by atoms with E-state index in [1.54, 1.807) is 7.05 Å². The molecule has 92 valence electrons. The van der Waals surface area contributed by atoms with Gasteiger partial charge in [-0.2, -0.15) is 5.10 Å². The van der Waals surface area contributed by atoms with Crippen molar-refractivity contribution in [3.8, 4) is 0 Å². The van der Waals surface area contributed by atoms with E-state index in [4.69, 9.17) is 0 Å². The monoisotopic (exact) mass is 335 g/mol. The number of aromatic nitrogens is 2. The Morgan fingerprint density at radius 1 is 1.53 bits per heavy atom. The van der Waals surface area contributed by atoms with E-state index in [2.05, 4.69) is 25.8 Å². The van der Waals surface area contributed by atoms with Gasteiger partial charge in [-0.1, -0.05) is 0 Å². The summed E-state index contributed by atoms with van der Waals surface area (Å²) in [7, 11) is -1.79. The van der Waals surface area contributed by atoms with E-state index in [0.29, 0.717) is 0 Å². The fourth-order valence-corrected chi connectivity index (χ4v) is 3.74. The van der Waals surface area contributed by atoms with E-state index >= 15 is 0 Å². The molecule has 0 radical (unpaired) electrons. The van der Waals surface area contributed by atoms with Gasteiger partial charge in [0.25, 0.3) is 0 Å². The smallest absolute Gasteiger partial charge is 0.244 e. The maximum Gasteiger partial charge on any atom is 0.244 e. The first kappa shape index (κ1) is 12.7. The number of hydrogen-bond acceptors (Lipinski definition) is 4. The molecule has 2 aromatic rings. The minimum atomic E-state index is -3.47. The number of rotatable bonds is 4. The first-order chi connectivity index (χ1) is 7.97. The highest BCUT2D eigenvalue weighted by Gasteiger charge is 2.15. The Labute approximate surface area is 112 Å². The van der Waals surface area contributed by atoms with Gasteiger partial charge in [-0.15, -0.1) is 11.3 Å². The van der Waals surface area contributed by atoms with Crippen LogP contribution in [0.1, 0.15) is 4.88 Å². The number of hydrogen-bond donors (Lipinski definition) is 1. The molecule has 0 aromatic carbocycles. The van der Waals surface area contributed by atoms with Crippen molar-refractivity contribution in [1.29, 1.82) is 0 Å². The highest BCUT2D eigenvalue weighted by atomic mass is 79.9. The quantitative estimate of drug-likeness (QED) is 0.925. The number of thiophene rings is 1. The van der Waals surface area contributed by atoms with Crippen molar-refractivity contribution in [3.63, 3.8) is 0 Å². The molecule has 5 nitrogen and oxygen atoms in total. The van der Waals surface area contributed by atoms with Gasteiger partial charge in [-0.3, -0.25) is 4.68 Å². The molecule has 0 aliphatic rings. The van der Waals surface area contributed by atoms with Crippen molar-refractivity contribution in [2.75, 3.05) is 0 Å². The van der Waals surface area contributed by atoms with Gasteiger partial charge < -0.3 is 0 Å². The fraction of sp³-hybridized carbons (Fsp3) is 0.222. The molecule has 2 aromatic heterocycles. The van der Waals surface area contributed by atoms with E-state index in [-0.39, 0.29) is 11.4 Å². The number of nitrogens with one attached hydrogen (secondary N) is 1. The predicted octanol–water partition coefficient (Wildman–Crippen LogP) is 1.72. The molecule has 0 fully saturated rings. The third kappa shape index (κ3) is 3.15. The zero-order valence-corrected chi connectivity index (χ0v) is 12.1. The van der Waals surface area contributed by atoms with Crippen LogP contribution in [0.5, 0.6) is 0 Å². The molecule has 0 saturated heterocycles. The van der Waals surface area contributed by atoms with E-state index in [1.165, 1.54) is 28.4 Å². The number of aryl methyl sites for hydroxylation is 1. The molecule has 2 heterocycles.